The predicted octanol–water partition coefficient (Wildman–Crippen LogP) is 2.66. The summed E-state index contributed by atoms with van der Waals surface area (Å²) in [5, 5.41) is 5.79. The Hall–Kier alpha value is -2.52. The Kier molecular flexibility index (Phi) is 5.26. The van der Waals surface area contributed by atoms with Crippen molar-refractivity contribution in [1.82, 2.24) is 4.31 Å². The number of hydrazone groups is 1. The number of para-hydroxylation sites is 1. The third kappa shape index (κ3) is 4.11. The van der Waals surface area contributed by atoms with E-state index in [1.54, 1.807) is 0 Å². The van der Waals surface area contributed by atoms with E-state index < -0.39 is 21.7 Å². The molecule has 4 rings (SSSR count). The third-order valence-electron chi connectivity index (χ3n) is 5.27. The van der Waals surface area contributed by atoms with Gasteiger partial charge in [0.1, 0.15) is 5.69 Å². The van der Waals surface area contributed by atoms with Gasteiger partial charge in [0, 0.05) is 44.8 Å². The second kappa shape index (κ2) is 7.72. The summed E-state index contributed by atoms with van der Waals surface area (Å²) >= 11 is 0. The van der Waals surface area contributed by atoms with Crippen LogP contribution in [-0.2, 0) is 10.0 Å². The summed E-state index contributed by atoms with van der Waals surface area (Å²) in [4.78, 5) is 2.14. The molecule has 0 amide bonds. The molecule has 2 aromatic carbocycles. The SMILES string of the molecule is CS(=O)(=O)N1CCN(c2ccc(C3=NN(c4c(F)cccc4F)CC3)cc2)CC1. The molecule has 1 fully saturated rings. The van der Waals surface area contributed by atoms with Gasteiger partial charge in [0.05, 0.1) is 12.0 Å². The average molecular weight is 420 g/mol. The average Bonchev–Trinajstić information content (AvgIpc) is 3.17. The minimum Gasteiger partial charge on any atom is -0.369 e. The van der Waals surface area contributed by atoms with Crippen LogP contribution >= 0.6 is 0 Å². The van der Waals surface area contributed by atoms with Crippen LogP contribution in [0.3, 0.4) is 0 Å². The van der Waals surface area contributed by atoms with Gasteiger partial charge in [-0.15, -0.1) is 0 Å². The summed E-state index contributed by atoms with van der Waals surface area (Å²) in [6, 6.07) is 11.6. The minimum absolute atomic E-state index is 0.122. The fourth-order valence-corrected chi connectivity index (χ4v) is 4.53. The summed E-state index contributed by atoms with van der Waals surface area (Å²) in [5.41, 5.74) is 2.57. The molecule has 0 saturated carbocycles. The van der Waals surface area contributed by atoms with Gasteiger partial charge in [-0.25, -0.2) is 17.2 Å². The molecule has 0 N–H and O–H groups in total. The third-order valence-corrected chi connectivity index (χ3v) is 6.57. The van der Waals surface area contributed by atoms with E-state index in [-0.39, 0.29) is 5.69 Å². The lowest BCUT2D eigenvalue weighted by Crippen LogP contribution is -2.48. The number of hydrogen-bond donors (Lipinski definition) is 0. The summed E-state index contributed by atoms with van der Waals surface area (Å²) in [5.74, 6) is -1.25. The Morgan fingerprint density at radius 3 is 2.10 bits per heavy atom. The normalized spacial score (nSPS) is 18.2. The molecule has 154 valence electrons. The van der Waals surface area contributed by atoms with E-state index in [1.807, 2.05) is 24.3 Å². The molecule has 0 spiro atoms. The predicted molar refractivity (Wildman–Crippen MR) is 110 cm³/mol. The quantitative estimate of drug-likeness (QED) is 0.763. The van der Waals surface area contributed by atoms with Crippen molar-refractivity contribution in [2.45, 2.75) is 6.42 Å². The van der Waals surface area contributed by atoms with Gasteiger partial charge in [-0.2, -0.15) is 9.41 Å². The first kappa shape index (κ1) is 19.8. The van der Waals surface area contributed by atoms with Crippen LogP contribution in [0.25, 0.3) is 0 Å². The first-order chi connectivity index (χ1) is 13.8. The van der Waals surface area contributed by atoms with E-state index in [2.05, 4.69) is 10.0 Å². The van der Waals surface area contributed by atoms with E-state index in [4.69, 9.17) is 0 Å². The largest absolute Gasteiger partial charge is 0.369 e. The zero-order valence-corrected chi connectivity index (χ0v) is 16.9. The zero-order chi connectivity index (χ0) is 20.6. The Bertz CT molecular complexity index is 1010. The molecule has 2 aromatic rings. The Morgan fingerprint density at radius 2 is 1.52 bits per heavy atom. The van der Waals surface area contributed by atoms with Crippen LogP contribution in [0.1, 0.15) is 12.0 Å². The van der Waals surface area contributed by atoms with Gasteiger partial charge in [0.15, 0.2) is 11.6 Å². The first-order valence-electron chi connectivity index (χ1n) is 9.42. The summed E-state index contributed by atoms with van der Waals surface area (Å²) in [7, 11) is -3.15. The van der Waals surface area contributed by atoms with Crippen LogP contribution in [0.15, 0.2) is 47.6 Å². The van der Waals surface area contributed by atoms with Crippen molar-refractivity contribution in [1.29, 1.82) is 0 Å². The molecule has 2 aliphatic rings. The molecule has 0 aliphatic carbocycles. The highest BCUT2D eigenvalue weighted by Gasteiger charge is 2.25. The van der Waals surface area contributed by atoms with Gasteiger partial charge in [-0.1, -0.05) is 18.2 Å². The molecule has 2 aliphatic heterocycles. The lowest BCUT2D eigenvalue weighted by molar-refractivity contribution is 0.388. The maximum Gasteiger partial charge on any atom is 0.211 e. The van der Waals surface area contributed by atoms with Crippen molar-refractivity contribution in [2.24, 2.45) is 5.10 Å². The van der Waals surface area contributed by atoms with Crippen LogP contribution in [0.5, 0.6) is 0 Å². The van der Waals surface area contributed by atoms with Crippen LogP contribution in [0.2, 0.25) is 0 Å². The van der Waals surface area contributed by atoms with Crippen LogP contribution < -0.4 is 9.91 Å². The molecule has 0 atom stereocenters. The van der Waals surface area contributed by atoms with E-state index in [0.29, 0.717) is 39.1 Å². The molecule has 0 radical (unpaired) electrons. The molecule has 0 aromatic heterocycles. The van der Waals surface area contributed by atoms with Crippen LogP contribution in [0, 0.1) is 11.6 Å². The molecule has 6 nitrogen and oxygen atoms in total. The van der Waals surface area contributed by atoms with E-state index in [9.17, 15) is 17.2 Å². The Morgan fingerprint density at radius 1 is 0.897 bits per heavy atom. The monoisotopic (exact) mass is 420 g/mol. The van der Waals surface area contributed by atoms with E-state index in [0.717, 1.165) is 17.0 Å². The van der Waals surface area contributed by atoms with Crippen LogP contribution in [0.4, 0.5) is 20.2 Å². The summed E-state index contributed by atoms with van der Waals surface area (Å²) in [6.07, 6.45) is 1.83. The first-order valence-corrected chi connectivity index (χ1v) is 11.3. The fourth-order valence-electron chi connectivity index (χ4n) is 3.70. The molecule has 0 unspecified atom stereocenters. The Balaban J connectivity index is 1.46. The molecular formula is C20H22F2N4O2S. The van der Waals surface area contributed by atoms with Crippen LogP contribution in [-0.4, -0.2) is 57.4 Å². The maximum atomic E-state index is 14.0. The van der Waals surface area contributed by atoms with Crippen molar-refractivity contribution in [3.05, 3.63) is 59.7 Å². The molecule has 0 bridgehead atoms. The topological polar surface area (TPSA) is 56.2 Å². The van der Waals surface area contributed by atoms with E-state index >= 15 is 0 Å². The van der Waals surface area contributed by atoms with Gasteiger partial charge in [-0.05, 0) is 29.8 Å². The second-order valence-electron chi connectivity index (χ2n) is 7.19. The highest BCUT2D eigenvalue weighted by molar-refractivity contribution is 7.88. The number of nitrogens with zero attached hydrogens (tertiary/aromatic N) is 4. The fraction of sp³-hybridized carbons (Fsp3) is 0.350. The molecular weight excluding hydrogens is 398 g/mol. The van der Waals surface area contributed by atoms with E-state index in [1.165, 1.54) is 33.8 Å². The summed E-state index contributed by atoms with van der Waals surface area (Å²) < 4.78 is 52.7. The van der Waals surface area contributed by atoms with Crippen molar-refractivity contribution in [3.63, 3.8) is 0 Å². The van der Waals surface area contributed by atoms with Gasteiger partial charge >= 0.3 is 0 Å². The highest BCUT2D eigenvalue weighted by atomic mass is 32.2. The lowest BCUT2D eigenvalue weighted by Gasteiger charge is -2.34. The number of sulfonamides is 1. The van der Waals surface area contributed by atoms with Gasteiger partial charge < -0.3 is 4.90 Å². The number of hydrogen-bond acceptors (Lipinski definition) is 5. The molecule has 1 saturated heterocycles. The van der Waals surface area contributed by atoms with Crippen molar-refractivity contribution >= 4 is 27.1 Å². The van der Waals surface area contributed by atoms with Crippen molar-refractivity contribution in [2.75, 3.05) is 48.9 Å². The number of halogens is 2. The highest BCUT2D eigenvalue weighted by Crippen LogP contribution is 2.28. The van der Waals surface area contributed by atoms with Gasteiger partial charge in [0.2, 0.25) is 10.0 Å². The van der Waals surface area contributed by atoms with Gasteiger partial charge in [-0.3, -0.25) is 5.01 Å². The Labute approximate surface area is 169 Å². The number of anilines is 2. The molecule has 29 heavy (non-hydrogen) atoms. The zero-order valence-electron chi connectivity index (χ0n) is 16.1. The lowest BCUT2D eigenvalue weighted by atomic mass is 10.1. The van der Waals surface area contributed by atoms with Crippen molar-refractivity contribution < 1.29 is 17.2 Å². The molecule has 2 heterocycles. The number of rotatable bonds is 4. The number of piperazine rings is 1. The van der Waals surface area contributed by atoms with Crippen molar-refractivity contribution in [3.8, 4) is 0 Å². The smallest absolute Gasteiger partial charge is 0.211 e. The molecule has 9 heteroatoms. The van der Waals surface area contributed by atoms with Gasteiger partial charge in [0.25, 0.3) is 0 Å². The standard InChI is InChI=1S/C20H22F2N4O2S/c1-29(27,28)25-13-11-24(12-14-25)16-7-5-15(6-8-16)19-9-10-26(23-19)20-17(21)3-2-4-18(20)22/h2-8H,9-14H2,1H3. The minimum atomic E-state index is -3.15. The maximum absolute atomic E-state index is 14.0. The summed E-state index contributed by atoms with van der Waals surface area (Å²) in [6.45, 7) is 2.62. The number of benzene rings is 2. The second-order valence-corrected chi connectivity index (χ2v) is 9.17.